The number of hydrogen-bond acceptors (Lipinski definition) is 2. The molecular formula is C19H18ClF3N2O2. The quantitative estimate of drug-likeness (QED) is 0.732. The van der Waals surface area contributed by atoms with Crippen LogP contribution in [-0.2, 0) is 6.18 Å². The highest BCUT2D eigenvalue weighted by molar-refractivity contribution is 6.30. The van der Waals surface area contributed by atoms with Crippen molar-refractivity contribution < 1.29 is 22.8 Å². The molecule has 2 aromatic rings. The molecule has 0 aliphatic heterocycles. The van der Waals surface area contributed by atoms with Gasteiger partial charge in [-0.05, 0) is 55.8 Å². The molecule has 8 heteroatoms. The number of hydrogen-bond donors (Lipinski definition) is 2. The van der Waals surface area contributed by atoms with E-state index in [1.165, 1.54) is 30.3 Å². The number of anilines is 1. The third-order valence-electron chi connectivity index (χ3n) is 3.93. The maximum absolute atomic E-state index is 13.1. The van der Waals surface area contributed by atoms with Gasteiger partial charge in [0.05, 0.1) is 11.3 Å². The molecular weight excluding hydrogens is 381 g/mol. The number of carbonyl (C=O) groups excluding carboxylic acids is 2. The van der Waals surface area contributed by atoms with Crippen molar-refractivity contribution in [2.75, 3.05) is 5.32 Å². The number of alkyl halides is 3. The molecule has 0 bridgehead atoms. The fourth-order valence-corrected chi connectivity index (χ4v) is 2.41. The van der Waals surface area contributed by atoms with Gasteiger partial charge in [-0.25, -0.2) is 0 Å². The van der Waals surface area contributed by atoms with Crippen LogP contribution in [0.15, 0.2) is 42.5 Å². The lowest BCUT2D eigenvalue weighted by atomic mass is 10.1. The second kappa shape index (κ2) is 8.43. The van der Waals surface area contributed by atoms with Crippen LogP contribution in [0, 0.1) is 0 Å². The molecule has 0 fully saturated rings. The largest absolute Gasteiger partial charge is 0.418 e. The molecule has 0 aromatic heterocycles. The predicted molar refractivity (Wildman–Crippen MR) is 98.1 cm³/mol. The maximum atomic E-state index is 13.1. The first kappa shape index (κ1) is 20.8. The summed E-state index contributed by atoms with van der Waals surface area (Å²) in [7, 11) is 0. The van der Waals surface area contributed by atoms with E-state index in [0.717, 1.165) is 18.6 Å². The van der Waals surface area contributed by atoms with Gasteiger partial charge < -0.3 is 10.6 Å². The van der Waals surface area contributed by atoms with Crippen LogP contribution in [0.2, 0.25) is 5.02 Å². The van der Waals surface area contributed by atoms with Gasteiger partial charge in [0.1, 0.15) is 0 Å². The van der Waals surface area contributed by atoms with Gasteiger partial charge in [0.15, 0.2) is 0 Å². The predicted octanol–water partition coefficient (Wildman–Crippen LogP) is 5.14. The molecule has 0 radical (unpaired) electrons. The molecule has 27 heavy (non-hydrogen) atoms. The van der Waals surface area contributed by atoms with Gasteiger partial charge in [0.2, 0.25) is 0 Å². The normalized spacial score (nSPS) is 12.4. The van der Waals surface area contributed by atoms with Crippen molar-refractivity contribution in [2.24, 2.45) is 0 Å². The smallest absolute Gasteiger partial charge is 0.350 e. The zero-order valence-corrected chi connectivity index (χ0v) is 15.4. The van der Waals surface area contributed by atoms with Gasteiger partial charge >= 0.3 is 6.18 Å². The average molecular weight is 399 g/mol. The highest BCUT2D eigenvalue weighted by atomic mass is 35.5. The minimum absolute atomic E-state index is 0.00571. The Labute approximate surface area is 159 Å². The zero-order chi connectivity index (χ0) is 20.2. The van der Waals surface area contributed by atoms with Crippen molar-refractivity contribution in [1.82, 2.24) is 5.32 Å². The molecule has 1 atom stereocenters. The van der Waals surface area contributed by atoms with Crippen LogP contribution in [0.5, 0.6) is 0 Å². The summed E-state index contributed by atoms with van der Waals surface area (Å²) >= 11 is 5.62. The van der Waals surface area contributed by atoms with Crippen LogP contribution in [0.1, 0.15) is 46.5 Å². The van der Waals surface area contributed by atoms with Gasteiger partial charge in [-0.2, -0.15) is 13.2 Å². The molecule has 0 aliphatic carbocycles. The van der Waals surface area contributed by atoms with Crippen LogP contribution >= 0.6 is 11.6 Å². The number of benzene rings is 2. The summed E-state index contributed by atoms with van der Waals surface area (Å²) in [5, 5.41) is 4.93. The van der Waals surface area contributed by atoms with Crippen LogP contribution in [0.25, 0.3) is 0 Å². The first-order valence-electron chi connectivity index (χ1n) is 8.20. The summed E-state index contributed by atoms with van der Waals surface area (Å²) in [6, 6.07) is 8.75. The molecule has 2 N–H and O–H groups in total. The summed E-state index contributed by atoms with van der Waals surface area (Å²) in [5.41, 5.74) is -0.948. The Bertz CT molecular complexity index is 836. The standard InChI is InChI=1S/C19H18ClF3N2O2/c1-3-11(2)24-17(26)12-4-6-13(7-5-12)18(27)25-16-9-8-14(20)10-15(16)19(21,22)23/h4-11H,3H2,1-2H3,(H,24,26)(H,25,27). The Hall–Kier alpha value is -2.54. The summed E-state index contributed by atoms with van der Waals surface area (Å²) in [4.78, 5) is 24.3. The van der Waals surface area contributed by atoms with Crippen molar-refractivity contribution in [3.8, 4) is 0 Å². The lowest BCUT2D eigenvalue weighted by Gasteiger charge is -2.14. The molecule has 0 saturated heterocycles. The van der Waals surface area contributed by atoms with E-state index in [-0.39, 0.29) is 22.5 Å². The van der Waals surface area contributed by atoms with E-state index in [4.69, 9.17) is 11.6 Å². The highest BCUT2D eigenvalue weighted by Crippen LogP contribution is 2.36. The van der Waals surface area contributed by atoms with E-state index in [2.05, 4.69) is 10.6 Å². The number of halogens is 4. The summed E-state index contributed by atoms with van der Waals surface area (Å²) in [6.07, 6.45) is -3.89. The topological polar surface area (TPSA) is 58.2 Å². The highest BCUT2D eigenvalue weighted by Gasteiger charge is 2.34. The van der Waals surface area contributed by atoms with E-state index in [9.17, 15) is 22.8 Å². The summed E-state index contributed by atoms with van der Waals surface area (Å²) < 4.78 is 39.3. The number of carbonyl (C=O) groups is 2. The number of nitrogens with one attached hydrogen (secondary N) is 2. The molecule has 2 aromatic carbocycles. The Balaban J connectivity index is 2.17. The Kier molecular flexibility index (Phi) is 6.49. The van der Waals surface area contributed by atoms with E-state index in [1.54, 1.807) is 0 Å². The number of amides is 2. The van der Waals surface area contributed by atoms with Gasteiger partial charge in [-0.15, -0.1) is 0 Å². The van der Waals surface area contributed by atoms with Crippen molar-refractivity contribution in [3.05, 3.63) is 64.2 Å². The molecule has 4 nitrogen and oxygen atoms in total. The Morgan fingerprint density at radius 3 is 2.11 bits per heavy atom. The third-order valence-corrected chi connectivity index (χ3v) is 4.17. The van der Waals surface area contributed by atoms with Gasteiger partial charge in [-0.1, -0.05) is 18.5 Å². The van der Waals surface area contributed by atoms with E-state index in [1.807, 2.05) is 13.8 Å². The molecule has 0 spiro atoms. The van der Waals surface area contributed by atoms with Crippen molar-refractivity contribution >= 4 is 29.1 Å². The lowest BCUT2D eigenvalue weighted by Crippen LogP contribution is -2.31. The van der Waals surface area contributed by atoms with Gasteiger partial charge in [0.25, 0.3) is 11.8 Å². The average Bonchev–Trinajstić information content (AvgIpc) is 2.62. The molecule has 144 valence electrons. The monoisotopic (exact) mass is 398 g/mol. The minimum Gasteiger partial charge on any atom is -0.350 e. The van der Waals surface area contributed by atoms with E-state index >= 15 is 0 Å². The molecule has 2 rings (SSSR count). The second-order valence-electron chi connectivity index (χ2n) is 6.00. The van der Waals surface area contributed by atoms with Crippen LogP contribution in [0.3, 0.4) is 0 Å². The van der Waals surface area contributed by atoms with E-state index in [0.29, 0.717) is 5.56 Å². The fourth-order valence-electron chi connectivity index (χ4n) is 2.24. The van der Waals surface area contributed by atoms with Crippen LogP contribution in [-0.4, -0.2) is 17.9 Å². The Morgan fingerprint density at radius 1 is 1.04 bits per heavy atom. The minimum atomic E-state index is -4.66. The van der Waals surface area contributed by atoms with Crippen LogP contribution in [0.4, 0.5) is 18.9 Å². The van der Waals surface area contributed by atoms with Crippen molar-refractivity contribution in [1.29, 1.82) is 0 Å². The summed E-state index contributed by atoms with van der Waals surface area (Å²) in [6.45, 7) is 3.80. The molecule has 0 saturated carbocycles. The third kappa shape index (κ3) is 5.47. The second-order valence-corrected chi connectivity index (χ2v) is 6.44. The van der Waals surface area contributed by atoms with Gasteiger partial charge in [0, 0.05) is 22.2 Å². The molecule has 2 amide bonds. The fraction of sp³-hybridized carbons (Fsp3) is 0.263. The summed E-state index contributed by atoms with van der Waals surface area (Å²) in [5.74, 6) is -1.01. The van der Waals surface area contributed by atoms with Crippen molar-refractivity contribution in [3.63, 3.8) is 0 Å². The molecule has 0 heterocycles. The van der Waals surface area contributed by atoms with Crippen molar-refractivity contribution in [2.45, 2.75) is 32.5 Å². The Morgan fingerprint density at radius 2 is 1.59 bits per heavy atom. The van der Waals surface area contributed by atoms with Crippen LogP contribution < -0.4 is 10.6 Å². The van der Waals surface area contributed by atoms with Gasteiger partial charge in [-0.3, -0.25) is 9.59 Å². The molecule has 0 aliphatic rings. The lowest BCUT2D eigenvalue weighted by molar-refractivity contribution is -0.136. The first-order valence-corrected chi connectivity index (χ1v) is 8.58. The number of rotatable bonds is 5. The maximum Gasteiger partial charge on any atom is 0.418 e. The molecule has 1 unspecified atom stereocenters. The first-order chi connectivity index (χ1) is 12.6. The SMILES string of the molecule is CCC(C)NC(=O)c1ccc(C(=O)Nc2ccc(Cl)cc2C(F)(F)F)cc1. The zero-order valence-electron chi connectivity index (χ0n) is 14.7. The van der Waals surface area contributed by atoms with E-state index < -0.39 is 23.3 Å².